The van der Waals surface area contributed by atoms with Crippen molar-refractivity contribution in [1.29, 1.82) is 0 Å². The van der Waals surface area contributed by atoms with Crippen LogP contribution in [0.25, 0.3) is 0 Å². The molecule has 0 aliphatic heterocycles. The third kappa shape index (κ3) is 52.1. The zero-order valence-corrected chi connectivity index (χ0v) is 43.7. The fourth-order valence-electron chi connectivity index (χ4n) is 8.06. The monoisotopic (exact) mass is 923 g/mol. The van der Waals surface area contributed by atoms with Crippen molar-refractivity contribution in [3.63, 3.8) is 0 Å². The Kier molecular flexibility index (Phi) is 52.3. The van der Waals surface area contributed by atoms with Gasteiger partial charge in [-0.2, -0.15) is 0 Å². The summed E-state index contributed by atoms with van der Waals surface area (Å²) in [5.41, 5.74) is 0. The minimum absolute atomic E-state index is 0.0736. The van der Waals surface area contributed by atoms with Gasteiger partial charge in [0, 0.05) is 19.3 Å². The third-order valence-electron chi connectivity index (χ3n) is 12.3. The summed E-state index contributed by atoms with van der Waals surface area (Å²) in [5.74, 6) is -0.874. The third-order valence-corrected chi connectivity index (χ3v) is 12.3. The maximum absolute atomic E-state index is 12.8. The molecule has 0 bridgehead atoms. The molecule has 0 saturated heterocycles. The van der Waals surface area contributed by atoms with Crippen molar-refractivity contribution in [3.8, 4) is 0 Å². The van der Waals surface area contributed by atoms with Crippen LogP contribution >= 0.6 is 0 Å². The van der Waals surface area contributed by atoms with E-state index < -0.39 is 6.10 Å². The SMILES string of the molecule is CC/C=C\C/C=C\C/C=C\C/C=C\C/C=C\CCCCCCCCCC(=O)OCC(COC(=O)CCCCCCCCCCCCCC)OC(=O)CCCCCCCCCCCCCCC. The molecule has 1 unspecified atom stereocenters. The number of unbranched alkanes of at least 4 members (excludes halogenated alkanes) is 30. The summed E-state index contributed by atoms with van der Waals surface area (Å²) in [6.07, 6.45) is 67.8. The van der Waals surface area contributed by atoms with Gasteiger partial charge in [-0.05, 0) is 64.2 Å². The summed E-state index contributed by atoms with van der Waals surface area (Å²) in [6.45, 7) is 6.54. The predicted octanol–water partition coefficient (Wildman–Crippen LogP) is 18.8. The lowest BCUT2D eigenvalue weighted by Crippen LogP contribution is -2.30. The molecule has 0 aromatic rings. The molecule has 0 aromatic heterocycles. The van der Waals surface area contributed by atoms with E-state index in [0.29, 0.717) is 19.3 Å². The first-order chi connectivity index (χ1) is 32.5. The largest absolute Gasteiger partial charge is 0.462 e. The highest BCUT2D eigenvalue weighted by atomic mass is 16.6. The number of carbonyl (C=O) groups excluding carboxylic acids is 3. The van der Waals surface area contributed by atoms with Crippen LogP contribution in [0.4, 0.5) is 0 Å². The Labute approximate surface area is 409 Å². The highest BCUT2D eigenvalue weighted by molar-refractivity contribution is 5.71. The van der Waals surface area contributed by atoms with Gasteiger partial charge in [-0.25, -0.2) is 0 Å². The van der Waals surface area contributed by atoms with Gasteiger partial charge in [0.15, 0.2) is 6.10 Å². The molecule has 0 spiro atoms. The van der Waals surface area contributed by atoms with Crippen molar-refractivity contribution in [2.24, 2.45) is 0 Å². The predicted molar refractivity (Wildman–Crippen MR) is 284 cm³/mol. The Bertz CT molecular complexity index is 1200. The quantitative estimate of drug-likeness (QED) is 0.0262. The number of ether oxygens (including phenoxy) is 3. The first-order valence-corrected chi connectivity index (χ1v) is 28.3. The number of carbonyl (C=O) groups is 3. The van der Waals surface area contributed by atoms with Gasteiger partial charge >= 0.3 is 17.9 Å². The Balaban J connectivity index is 4.30. The van der Waals surface area contributed by atoms with Crippen LogP contribution in [-0.2, 0) is 28.6 Å². The summed E-state index contributed by atoms with van der Waals surface area (Å²) in [7, 11) is 0. The van der Waals surface area contributed by atoms with E-state index in [1.807, 2.05) is 0 Å². The Morgan fingerprint density at radius 3 is 0.924 bits per heavy atom. The second kappa shape index (κ2) is 54.7. The summed E-state index contributed by atoms with van der Waals surface area (Å²) in [6, 6.07) is 0. The fraction of sp³-hybridized carbons (Fsp3) is 0.783. The van der Waals surface area contributed by atoms with Gasteiger partial charge < -0.3 is 14.2 Å². The van der Waals surface area contributed by atoms with E-state index in [2.05, 4.69) is 81.5 Å². The molecule has 0 aliphatic carbocycles. The van der Waals surface area contributed by atoms with Crippen molar-refractivity contribution in [2.45, 2.75) is 290 Å². The van der Waals surface area contributed by atoms with Crippen LogP contribution in [0.5, 0.6) is 0 Å². The lowest BCUT2D eigenvalue weighted by atomic mass is 10.0. The smallest absolute Gasteiger partial charge is 0.306 e. The van der Waals surface area contributed by atoms with E-state index in [0.717, 1.165) is 96.3 Å². The first-order valence-electron chi connectivity index (χ1n) is 28.3. The maximum Gasteiger partial charge on any atom is 0.306 e. The molecule has 6 heteroatoms. The van der Waals surface area contributed by atoms with Gasteiger partial charge in [-0.1, -0.05) is 261 Å². The van der Waals surface area contributed by atoms with Gasteiger partial charge in [0.2, 0.25) is 0 Å². The fourth-order valence-corrected chi connectivity index (χ4v) is 8.06. The molecule has 0 N–H and O–H groups in total. The standard InChI is InChI=1S/C60H106O6/c1-4-7-10-13-16-19-22-25-26-27-28-29-30-31-32-33-34-36-38-41-44-47-50-53-59(62)65-56-57(55-64-58(61)52-49-46-43-40-37-24-21-18-15-12-9-6-3)66-60(63)54-51-48-45-42-39-35-23-20-17-14-11-8-5-2/h7,10,16,19,25-26,28-29,31-32,57H,4-6,8-9,11-15,17-18,20-24,27,30,33-56H2,1-3H3/b10-7-,19-16-,26-25-,29-28-,32-31-. The number of rotatable bonds is 51. The van der Waals surface area contributed by atoms with E-state index in [9.17, 15) is 14.4 Å². The highest BCUT2D eigenvalue weighted by Crippen LogP contribution is 2.16. The van der Waals surface area contributed by atoms with E-state index in [-0.39, 0.29) is 31.1 Å². The average molecular weight is 924 g/mol. The second-order valence-electron chi connectivity index (χ2n) is 18.8. The normalized spacial score (nSPS) is 12.5. The minimum Gasteiger partial charge on any atom is -0.462 e. The van der Waals surface area contributed by atoms with Crippen molar-refractivity contribution >= 4 is 17.9 Å². The molecule has 66 heavy (non-hydrogen) atoms. The Morgan fingerprint density at radius 1 is 0.318 bits per heavy atom. The lowest BCUT2D eigenvalue weighted by Gasteiger charge is -2.18. The van der Waals surface area contributed by atoms with Crippen LogP contribution in [0.1, 0.15) is 284 Å². The second-order valence-corrected chi connectivity index (χ2v) is 18.8. The van der Waals surface area contributed by atoms with Crippen molar-refractivity contribution in [3.05, 3.63) is 60.8 Å². The van der Waals surface area contributed by atoms with Gasteiger partial charge in [-0.15, -0.1) is 0 Å². The molecular weight excluding hydrogens is 817 g/mol. The van der Waals surface area contributed by atoms with Crippen LogP contribution in [0, 0.1) is 0 Å². The van der Waals surface area contributed by atoms with Crippen molar-refractivity contribution < 1.29 is 28.6 Å². The molecule has 0 rings (SSSR count). The molecule has 0 aliphatic rings. The molecule has 1 atom stereocenters. The number of hydrogen-bond donors (Lipinski definition) is 0. The zero-order valence-electron chi connectivity index (χ0n) is 43.7. The van der Waals surface area contributed by atoms with Gasteiger partial charge in [0.1, 0.15) is 13.2 Å². The van der Waals surface area contributed by atoms with E-state index in [4.69, 9.17) is 14.2 Å². The van der Waals surface area contributed by atoms with Crippen LogP contribution in [-0.4, -0.2) is 37.2 Å². The van der Waals surface area contributed by atoms with E-state index in [1.165, 1.54) is 148 Å². The number of hydrogen-bond acceptors (Lipinski definition) is 6. The van der Waals surface area contributed by atoms with Crippen LogP contribution in [0.3, 0.4) is 0 Å². The number of allylic oxidation sites excluding steroid dienone is 10. The molecule has 0 aromatic carbocycles. The van der Waals surface area contributed by atoms with Gasteiger partial charge in [0.25, 0.3) is 0 Å². The molecule has 0 heterocycles. The molecule has 0 amide bonds. The maximum atomic E-state index is 12.8. The van der Waals surface area contributed by atoms with Crippen molar-refractivity contribution in [2.75, 3.05) is 13.2 Å². The molecule has 0 radical (unpaired) electrons. The molecule has 0 saturated carbocycles. The highest BCUT2D eigenvalue weighted by Gasteiger charge is 2.19. The Hall–Kier alpha value is -2.89. The summed E-state index contributed by atoms with van der Waals surface area (Å²) in [5, 5.41) is 0. The van der Waals surface area contributed by atoms with Crippen LogP contribution in [0.2, 0.25) is 0 Å². The summed E-state index contributed by atoms with van der Waals surface area (Å²) in [4.78, 5) is 38.1. The van der Waals surface area contributed by atoms with Gasteiger partial charge in [-0.3, -0.25) is 14.4 Å². The van der Waals surface area contributed by atoms with E-state index in [1.54, 1.807) is 0 Å². The van der Waals surface area contributed by atoms with Crippen LogP contribution in [0.15, 0.2) is 60.8 Å². The average Bonchev–Trinajstić information content (AvgIpc) is 3.31. The van der Waals surface area contributed by atoms with Crippen molar-refractivity contribution in [1.82, 2.24) is 0 Å². The van der Waals surface area contributed by atoms with Crippen LogP contribution < -0.4 is 0 Å². The number of esters is 3. The molecule has 0 fully saturated rings. The molecule has 382 valence electrons. The van der Waals surface area contributed by atoms with E-state index >= 15 is 0 Å². The topological polar surface area (TPSA) is 78.9 Å². The summed E-state index contributed by atoms with van der Waals surface area (Å²) < 4.78 is 16.8. The summed E-state index contributed by atoms with van der Waals surface area (Å²) >= 11 is 0. The Morgan fingerprint density at radius 2 is 0.591 bits per heavy atom. The minimum atomic E-state index is -0.774. The van der Waals surface area contributed by atoms with Gasteiger partial charge in [0.05, 0.1) is 0 Å². The first kappa shape index (κ1) is 63.1. The molecular formula is C60H106O6. The zero-order chi connectivity index (χ0) is 47.9. The molecule has 6 nitrogen and oxygen atoms in total. The lowest BCUT2D eigenvalue weighted by molar-refractivity contribution is -0.167.